The number of ether oxygens (including phenoxy) is 2. The summed E-state index contributed by atoms with van der Waals surface area (Å²) in [6.07, 6.45) is 4.99. The van der Waals surface area contributed by atoms with E-state index in [1.807, 2.05) is 17.0 Å². The Morgan fingerprint density at radius 2 is 2.32 bits per heavy atom. The molecule has 0 bridgehead atoms. The molecular weight excluding hydrogens is 322 g/mol. The lowest BCUT2D eigenvalue weighted by Gasteiger charge is -2.23. The van der Waals surface area contributed by atoms with Gasteiger partial charge in [-0.25, -0.2) is 0 Å². The molecule has 2 aliphatic rings. The minimum Gasteiger partial charge on any atom is -0.486 e. The van der Waals surface area contributed by atoms with Crippen molar-refractivity contribution in [1.82, 2.24) is 15.0 Å². The van der Waals surface area contributed by atoms with Crippen molar-refractivity contribution >= 4 is 5.91 Å². The van der Waals surface area contributed by atoms with E-state index < -0.39 is 0 Å². The van der Waals surface area contributed by atoms with Gasteiger partial charge in [-0.3, -0.25) is 9.78 Å². The summed E-state index contributed by atoms with van der Waals surface area (Å²) < 4.78 is 17.1. The van der Waals surface area contributed by atoms with Gasteiger partial charge in [-0.05, 0) is 32.4 Å². The molecular formula is C18H21N3O4. The van der Waals surface area contributed by atoms with Gasteiger partial charge in [0.2, 0.25) is 0 Å². The third-order valence-corrected chi connectivity index (χ3v) is 4.96. The Labute approximate surface area is 145 Å². The second kappa shape index (κ2) is 6.15. The van der Waals surface area contributed by atoms with E-state index in [4.69, 9.17) is 14.0 Å². The third kappa shape index (κ3) is 3.00. The molecule has 25 heavy (non-hydrogen) atoms. The Morgan fingerprint density at radius 1 is 1.44 bits per heavy atom. The molecule has 0 radical (unpaired) electrons. The average molecular weight is 343 g/mol. The quantitative estimate of drug-likeness (QED) is 0.850. The third-order valence-electron chi connectivity index (χ3n) is 4.96. The van der Waals surface area contributed by atoms with Crippen LogP contribution in [0.25, 0.3) is 0 Å². The van der Waals surface area contributed by atoms with Crippen LogP contribution < -0.4 is 4.74 Å². The number of nitrogens with zero attached hydrogens (tertiary/aromatic N) is 3. The van der Waals surface area contributed by atoms with E-state index in [2.05, 4.69) is 10.1 Å². The first-order chi connectivity index (χ1) is 12.1. The molecule has 0 aromatic carbocycles. The number of pyridine rings is 1. The molecule has 1 spiro atoms. The number of hydrogen-bond donors (Lipinski definition) is 0. The van der Waals surface area contributed by atoms with E-state index in [0.717, 1.165) is 18.6 Å². The molecule has 0 N–H and O–H groups in total. The summed E-state index contributed by atoms with van der Waals surface area (Å²) >= 11 is 0. The molecule has 2 atom stereocenters. The lowest BCUT2D eigenvalue weighted by molar-refractivity contribution is 0.00992. The fraction of sp³-hybridized carbons (Fsp3) is 0.500. The van der Waals surface area contributed by atoms with Crippen LogP contribution in [0.15, 0.2) is 29.0 Å². The second-order valence-electron chi connectivity index (χ2n) is 6.80. The first-order valence-electron chi connectivity index (χ1n) is 8.49. The average Bonchev–Trinajstić information content (AvgIpc) is 3.29. The van der Waals surface area contributed by atoms with Crippen LogP contribution in [-0.2, 0) is 4.74 Å². The number of aromatic nitrogens is 2. The van der Waals surface area contributed by atoms with Gasteiger partial charge in [-0.2, -0.15) is 0 Å². The van der Waals surface area contributed by atoms with Crippen LogP contribution in [-0.4, -0.2) is 52.3 Å². The zero-order chi connectivity index (χ0) is 17.4. The van der Waals surface area contributed by atoms with Crippen LogP contribution in [0.1, 0.15) is 34.7 Å². The number of carbonyl (C=O) groups is 1. The minimum atomic E-state index is -0.318. The summed E-state index contributed by atoms with van der Waals surface area (Å²) in [7, 11) is 0. The van der Waals surface area contributed by atoms with Crippen molar-refractivity contribution in [2.45, 2.75) is 38.4 Å². The highest BCUT2D eigenvalue weighted by Crippen LogP contribution is 2.37. The van der Waals surface area contributed by atoms with Crippen molar-refractivity contribution in [2.24, 2.45) is 0 Å². The molecule has 0 saturated carbocycles. The maximum atomic E-state index is 12.8. The molecule has 132 valence electrons. The zero-order valence-corrected chi connectivity index (χ0v) is 14.4. The van der Waals surface area contributed by atoms with Gasteiger partial charge in [-0.15, -0.1) is 0 Å². The van der Waals surface area contributed by atoms with Gasteiger partial charge in [0.1, 0.15) is 23.2 Å². The van der Waals surface area contributed by atoms with Gasteiger partial charge in [-0.1, -0.05) is 5.16 Å². The first kappa shape index (κ1) is 16.1. The van der Waals surface area contributed by atoms with Crippen molar-refractivity contribution in [1.29, 1.82) is 0 Å². The van der Waals surface area contributed by atoms with Gasteiger partial charge in [0.15, 0.2) is 0 Å². The van der Waals surface area contributed by atoms with Gasteiger partial charge in [0.05, 0.1) is 30.6 Å². The normalized spacial score (nSPS) is 25.7. The summed E-state index contributed by atoms with van der Waals surface area (Å²) in [6.45, 7) is 5.33. The second-order valence-corrected chi connectivity index (χ2v) is 6.80. The van der Waals surface area contributed by atoms with Crippen molar-refractivity contribution in [3.63, 3.8) is 0 Å². The van der Waals surface area contributed by atoms with Gasteiger partial charge in [0, 0.05) is 19.2 Å². The lowest BCUT2D eigenvalue weighted by atomic mass is 9.98. The van der Waals surface area contributed by atoms with Crippen LogP contribution >= 0.6 is 0 Å². The molecule has 2 aromatic rings. The van der Waals surface area contributed by atoms with E-state index in [1.165, 1.54) is 0 Å². The fourth-order valence-electron chi connectivity index (χ4n) is 3.74. The van der Waals surface area contributed by atoms with Crippen LogP contribution in [0, 0.1) is 13.8 Å². The Bertz CT molecular complexity index is 756. The molecule has 0 aliphatic carbocycles. The maximum Gasteiger partial charge on any atom is 0.259 e. The Kier molecular flexibility index (Phi) is 3.95. The Hall–Kier alpha value is -2.41. The number of carbonyl (C=O) groups excluding carboxylic acids is 1. The number of amides is 1. The van der Waals surface area contributed by atoms with Crippen molar-refractivity contribution in [3.05, 3.63) is 41.5 Å². The van der Waals surface area contributed by atoms with E-state index in [0.29, 0.717) is 36.7 Å². The number of aryl methyl sites for hydroxylation is 2. The highest BCUT2D eigenvalue weighted by atomic mass is 16.6. The zero-order valence-electron chi connectivity index (χ0n) is 14.4. The molecule has 4 rings (SSSR count). The van der Waals surface area contributed by atoms with Crippen LogP contribution in [0.4, 0.5) is 0 Å². The molecule has 2 fully saturated rings. The molecule has 4 heterocycles. The smallest absolute Gasteiger partial charge is 0.259 e. The molecule has 7 heteroatoms. The molecule has 1 amide bonds. The summed E-state index contributed by atoms with van der Waals surface area (Å²) in [6, 6.07) is 3.74. The largest absolute Gasteiger partial charge is 0.486 e. The van der Waals surface area contributed by atoms with E-state index in [-0.39, 0.29) is 17.6 Å². The predicted octanol–water partition coefficient (Wildman–Crippen LogP) is 2.14. The number of hydrogen-bond acceptors (Lipinski definition) is 6. The topological polar surface area (TPSA) is 77.7 Å². The summed E-state index contributed by atoms with van der Waals surface area (Å²) in [5.41, 5.74) is 0.883. The minimum absolute atomic E-state index is 0.0154. The Morgan fingerprint density at radius 3 is 3.04 bits per heavy atom. The first-order valence-corrected chi connectivity index (χ1v) is 8.49. The highest BCUT2D eigenvalue weighted by molar-refractivity contribution is 5.96. The molecule has 7 nitrogen and oxygen atoms in total. The van der Waals surface area contributed by atoms with Crippen LogP contribution in [0.5, 0.6) is 5.75 Å². The van der Waals surface area contributed by atoms with Gasteiger partial charge in [0.25, 0.3) is 5.91 Å². The maximum absolute atomic E-state index is 12.8. The summed E-state index contributed by atoms with van der Waals surface area (Å²) in [5.74, 6) is 1.27. The molecule has 2 aliphatic heterocycles. The molecule has 2 unspecified atom stereocenters. The monoisotopic (exact) mass is 343 g/mol. The summed E-state index contributed by atoms with van der Waals surface area (Å²) in [4.78, 5) is 18.7. The van der Waals surface area contributed by atoms with E-state index >= 15 is 0 Å². The summed E-state index contributed by atoms with van der Waals surface area (Å²) in [5, 5.41) is 3.88. The van der Waals surface area contributed by atoms with E-state index in [1.54, 1.807) is 26.2 Å². The standard InChI is InChI=1S/C18H21N3O4/c1-12-16(13(2)25-20-12)17(22)21-7-5-18(11-21)8-15(10-23-18)24-14-4-3-6-19-9-14/h3-4,6,9,15H,5,7-8,10-11H2,1-2H3. The number of rotatable bonds is 3. The van der Waals surface area contributed by atoms with Crippen LogP contribution in [0.3, 0.4) is 0 Å². The fourth-order valence-corrected chi connectivity index (χ4v) is 3.74. The van der Waals surface area contributed by atoms with Gasteiger partial charge < -0.3 is 18.9 Å². The molecule has 2 aromatic heterocycles. The SMILES string of the molecule is Cc1noc(C)c1C(=O)N1CCC2(CC(Oc3cccnc3)CO2)C1. The van der Waals surface area contributed by atoms with E-state index in [9.17, 15) is 4.79 Å². The van der Waals surface area contributed by atoms with Crippen molar-refractivity contribution < 1.29 is 18.8 Å². The number of likely N-dealkylation sites (tertiary alicyclic amines) is 1. The Balaban J connectivity index is 1.41. The molecule has 2 saturated heterocycles. The highest BCUT2D eigenvalue weighted by Gasteiger charge is 2.48. The van der Waals surface area contributed by atoms with Crippen LogP contribution in [0.2, 0.25) is 0 Å². The predicted molar refractivity (Wildman–Crippen MR) is 88.5 cm³/mol. The van der Waals surface area contributed by atoms with Gasteiger partial charge >= 0.3 is 0 Å². The lowest BCUT2D eigenvalue weighted by Crippen LogP contribution is -2.36. The van der Waals surface area contributed by atoms with Crippen molar-refractivity contribution in [3.8, 4) is 5.75 Å². The van der Waals surface area contributed by atoms with Crippen molar-refractivity contribution in [2.75, 3.05) is 19.7 Å².